The molecule has 0 aliphatic heterocycles. The molecule has 3 N–H and O–H groups in total. The van der Waals surface area contributed by atoms with E-state index in [1.807, 2.05) is 6.92 Å². The third-order valence-electron chi connectivity index (χ3n) is 6.71. The number of hydrogen-bond acceptors (Lipinski definition) is 3. The van der Waals surface area contributed by atoms with Crippen LogP contribution >= 0.6 is 0 Å². The average molecular weight is 392 g/mol. The number of unbranched alkanes of at least 4 members (excludes halogenated alkanes) is 3. The van der Waals surface area contributed by atoms with Crippen molar-refractivity contribution in [2.75, 3.05) is 13.1 Å². The molecule has 2 aliphatic rings. The maximum absolute atomic E-state index is 10.5. The number of aliphatic hydroxyl groups excluding tert-OH is 1. The molecule has 3 heteroatoms. The SMILES string of the molecule is CCCC[C@](C)(O)CC=C[C@@H]1[C@H]2CC(CCCCCNCCC)=C[C@H]2C[C@H]1O. The van der Waals surface area contributed by atoms with E-state index in [9.17, 15) is 10.2 Å². The number of aliphatic hydroxyl groups is 2. The molecule has 2 rings (SSSR count). The van der Waals surface area contributed by atoms with Gasteiger partial charge in [0.1, 0.15) is 0 Å². The van der Waals surface area contributed by atoms with Crippen LogP contribution in [0.15, 0.2) is 23.8 Å². The molecule has 3 nitrogen and oxygen atoms in total. The maximum atomic E-state index is 10.5. The standard InChI is InChI=1S/C25H45NO2/c1-4-6-13-25(3,28)14-10-12-22-23-18-20(17-21(23)19-24(22)27)11-8-7-9-16-26-15-5-2/h10,12,17,21-24,26-28H,4-9,11,13-16,18-19H2,1-3H3/t21-,22+,23-,24+,25-/m0/s1. The van der Waals surface area contributed by atoms with Gasteiger partial charge in [0.05, 0.1) is 11.7 Å². The minimum absolute atomic E-state index is 0.214. The Bertz CT molecular complexity index is 497. The second kappa shape index (κ2) is 12.1. The first-order chi connectivity index (χ1) is 13.5. The fraction of sp³-hybridized carbons (Fsp3) is 0.840. The average Bonchev–Trinajstić information content (AvgIpc) is 3.17. The van der Waals surface area contributed by atoms with E-state index in [2.05, 4.69) is 37.4 Å². The van der Waals surface area contributed by atoms with Gasteiger partial charge < -0.3 is 15.5 Å². The van der Waals surface area contributed by atoms with Crippen molar-refractivity contribution < 1.29 is 10.2 Å². The molecule has 5 atom stereocenters. The van der Waals surface area contributed by atoms with E-state index in [1.165, 1.54) is 32.1 Å². The van der Waals surface area contributed by atoms with Crippen LogP contribution in [0.3, 0.4) is 0 Å². The van der Waals surface area contributed by atoms with Crippen LogP contribution in [0.1, 0.15) is 91.4 Å². The third-order valence-corrected chi connectivity index (χ3v) is 6.71. The molecule has 162 valence electrons. The normalized spacial score (nSPS) is 29.2. The Balaban J connectivity index is 1.72. The van der Waals surface area contributed by atoms with Crippen LogP contribution in [0.2, 0.25) is 0 Å². The molecule has 0 bridgehead atoms. The van der Waals surface area contributed by atoms with E-state index < -0.39 is 5.60 Å². The molecule has 0 amide bonds. The highest BCUT2D eigenvalue weighted by Crippen LogP contribution is 2.48. The van der Waals surface area contributed by atoms with E-state index in [1.54, 1.807) is 5.57 Å². The van der Waals surface area contributed by atoms with Crippen molar-refractivity contribution >= 4 is 0 Å². The van der Waals surface area contributed by atoms with Crippen LogP contribution in [0.5, 0.6) is 0 Å². The third kappa shape index (κ3) is 7.65. The zero-order chi connectivity index (χ0) is 20.4. The highest BCUT2D eigenvalue weighted by Gasteiger charge is 2.43. The van der Waals surface area contributed by atoms with E-state index in [0.29, 0.717) is 18.3 Å². The van der Waals surface area contributed by atoms with Gasteiger partial charge in [-0.25, -0.2) is 0 Å². The smallest absolute Gasteiger partial charge is 0.0654 e. The molecule has 1 fully saturated rings. The largest absolute Gasteiger partial charge is 0.392 e. The van der Waals surface area contributed by atoms with Gasteiger partial charge in [0.15, 0.2) is 0 Å². The van der Waals surface area contributed by atoms with E-state index >= 15 is 0 Å². The lowest BCUT2D eigenvalue weighted by atomic mass is 9.87. The first kappa shape index (κ1) is 23.6. The molecule has 0 spiro atoms. The van der Waals surface area contributed by atoms with E-state index in [0.717, 1.165) is 45.2 Å². The summed E-state index contributed by atoms with van der Waals surface area (Å²) in [5, 5.41) is 24.5. The van der Waals surface area contributed by atoms with Crippen LogP contribution in [-0.4, -0.2) is 35.0 Å². The summed E-state index contributed by atoms with van der Waals surface area (Å²) >= 11 is 0. The molecule has 2 aliphatic carbocycles. The number of rotatable bonds is 14. The highest BCUT2D eigenvalue weighted by molar-refractivity contribution is 5.20. The van der Waals surface area contributed by atoms with Crippen molar-refractivity contribution in [2.24, 2.45) is 17.8 Å². The van der Waals surface area contributed by atoms with Crippen LogP contribution < -0.4 is 5.32 Å². The first-order valence-corrected chi connectivity index (χ1v) is 11.9. The number of fused-ring (bicyclic) bond motifs is 1. The Morgan fingerprint density at radius 3 is 2.71 bits per heavy atom. The molecule has 0 saturated heterocycles. The van der Waals surface area contributed by atoms with Crippen molar-refractivity contribution in [3.05, 3.63) is 23.8 Å². The molecule has 1 saturated carbocycles. The zero-order valence-corrected chi connectivity index (χ0v) is 18.6. The fourth-order valence-electron chi connectivity index (χ4n) is 5.01. The van der Waals surface area contributed by atoms with E-state index in [-0.39, 0.29) is 12.0 Å². The quantitative estimate of drug-likeness (QED) is 0.275. The Hall–Kier alpha value is -0.640. The minimum Gasteiger partial charge on any atom is -0.392 e. The molecular weight excluding hydrogens is 346 g/mol. The van der Waals surface area contributed by atoms with Gasteiger partial charge in [-0.1, -0.05) is 56.9 Å². The van der Waals surface area contributed by atoms with Gasteiger partial charge in [-0.2, -0.15) is 0 Å². The molecule has 0 radical (unpaired) electrons. The van der Waals surface area contributed by atoms with Crippen LogP contribution in [-0.2, 0) is 0 Å². The van der Waals surface area contributed by atoms with Gasteiger partial charge in [-0.05, 0) is 83.2 Å². The van der Waals surface area contributed by atoms with Crippen molar-refractivity contribution in [3.63, 3.8) is 0 Å². The van der Waals surface area contributed by atoms with E-state index in [4.69, 9.17) is 0 Å². The summed E-state index contributed by atoms with van der Waals surface area (Å²) < 4.78 is 0. The van der Waals surface area contributed by atoms with Gasteiger partial charge in [0.2, 0.25) is 0 Å². The highest BCUT2D eigenvalue weighted by atomic mass is 16.3. The molecule has 0 aromatic heterocycles. The number of allylic oxidation sites excluding steroid dienone is 2. The predicted octanol–water partition coefficient (Wildman–Crippen LogP) is 5.38. The number of hydrogen-bond donors (Lipinski definition) is 3. The summed E-state index contributed by atoms with van der Waals surface area (Å²) in [6, 6.07) is 0. The van der Waals surface area contributed by atoms with Gasteiger partial charge in [0, 0.05) is 5.92 Å². The van der Waals surface area contributed by atoms with Crippen LogP contribution in [0.4, 0.5) is 0 Å². The topological polar surface area (TPSA) is 52.5 Å². The summed E-state index contributed by atoms with van der Waals surface area (Å²) in [4.78, 5) is 0. The summed E-state index contributed by atoms with van der Waals surface area (Å²) in [6.45, 7) is 8.60. The van der Waals surface area contributed by atoms with Crippen molar-refractivity contribution in [3.8, 4) is 0 Å². The van der Waals surface area contributed by atoms with Gasteiger partial charge in [-0.15, -0.1) is 0 Å². The first-order valence-electron chi connectivity index (χ1n) is 11.9. The fourth-order valence-corrected chi connectivity index (χ4v) is 5.01. The second-order valence-corrected chi connectivity index (χ2v) is 9.53. The minimum atomic E-state index is -0.611. The van der Waals surface area contributed by atoms with Crippen LogP contribution in [0, 0.1) is 17.8 Å². The predicted molar refractivity (Wildman–Crippen MR) is 119 cm³/mol. The molecule has 0 aromatic rings. The lowest BCUT2D eigenvalue weighted by Gasteiger charge is -2.22. The summed E-state index contributed by atoms with van der Waals surface area (Å²) in [6.07, 6.45) is 18.8. The second-order valence-electron chi connectivity index (χ2n) is 9.53. The molecule has 0 aromatic carbocycles. The molecular formula is C25H45NO2. The molecule has 0 heterocycles. The Morgan fingerprint density at radius 2 is 1.96 bits per heavy atom. The van der Waals surface area contributed by atoms with Crippen molar-refractivity contribution in [1.82, 2.24) is 5.32 Å². The lowest BCUT2D eigenvalue weighted by Crippen LogP contribution is -2.23. The van der Waals surface area contributed by atoms with Crippen LogP contribution in [0.25, 0.3) is 0 Å². The molecule has 0 unspecified atom stereocenters. The zero-order valence-electron chi connectivity index (χ0n) is 18.6. The molecule has 28 heavy (non-hydrogen) atoms. The Labute approximate surface area is 173 Å². The summed E-state index contributed by atoms with van der Waals surface area (Å²) in [5.41, 5.74) is 1.01. The van der Waals surface area contributed by atoms with Gasteiger partial charge >= 0.3 is 0 Å². The van der Waals surface area contributed by atoms with Gasteiger partial charge in [0.25, 0.3) is 0 Å². The van der Waals surface area contributed by atoms with Crippen molar-refractivity contribution in [2.45, 2.75) is 103 Å². The van der Waals surface area contributed by atoms with Gasteiger partial charge in [-0.3, -0.25) is 0 Å². The lowest BCUT2D eigenvalue weighted by molar-refractivity contribution is 0.0513. The number of nitrogens with one attached hydrogen (secondary N) is 1. The monoisotopic (exact) mass is 391 g/mol. The Morgan fingerprint density at radius 1 is 1.14 bits per heavy atom. The Kier molecular flexibility index (Phi) is 10.3. The summed E-state index contributed by atoms with van der Waals surface area (Å²) in [7, 11) is 0. The summed E-state index contributed by atoms with van der Waals surface area (Å²) in [5.74, 6) is 1.40. The maximum Gasteiger partial charge on any atom is 0.0654 e. The van der Waals surface area contributed by atoms with Crippen molar-refractivity contribution in [1.29, 1.82) is 0 Å².